The smallest absolute Gasteiger partial charge is 0.251 e. The van der Waals surface area contributed by atoms with Crippen LogP contribution < -0.4 is 5.32 Å². The Morgan fingerprint density at radius 3 is 2.52 bits per heavy atom. The molecule has 7 heteroatoms. The minimum atomic E-state index is -0.814. The van der Waals surface area contributed by atoms with Crippen molar-refractivity contribution in [2.75, 3.05) is 5.32 Å². The number of nitrogens with one attached hydrogen (secondary N) is 1. The summed E-state index contributed by atoms with van der Waals surface area (Å²) < 4.78 is 4.26. The average molecular weight is 402 g/mol. The number of nitrogens with zero attached hydrogens (tertiary/aromatic N) is 4. The van der Waals surface area contributed by atoms with Crippen molar-refractivity contribution in [1.29, 1.82) is 0 Å². The first-order chi connectivity index (χ1) is 11.8. The number of carbonyl (C=O) groups excluding carboxylic acids is 1. The molecule has 1 aromatic carbocycles. The van der Waals surface area contributed by atoms with Gasteiger partial charge in [0.2, 0.25) is 0 Å². The van der Waals surface area contributed by atoms with Crippen molar-refractivity contribution >= 4 is 27.5 Å². The second-order valence-corrected chi connectivity index (χ2v) is 7.44. The van der Waals surface area contributed by atoms with Crippen molar-refractivity contribution in [3.63, 3.8) is 0 Å². The third kappa shape index (κ3) is 3.99. The Labute approximate surface area is 155 Å². The van der Waals surface area contributed by atoms with Crippen molar-refractivity contribution in [2.24, 2.45) is 0 Å². The van der Waals surface area contributed by atoms with E-state index >= 15 is 0 Å². The molecule has 0 aliphatic carbocycles. The lowest BCUT2D eigenvalue weighted by atomic mass is 10.1. The molecule has 0 saturated heterocycles. The predicted octanol–water partition coefficient (Wildman–Crippen LogP) is 3.57. The van der Waals surface area contributed by atoms with Crippen LogP contribution in [0.4, 0.5) is 5.69 Å². The zero-order valence-corrected chi connectivity index (χ0v) is 16.0. The summed E-state index contributed by atoms with van der Waals surface area (Å²) in [5.74, 6) is -0.155. The van der Waals surface area contributed by atoms with Crippen LogP contribution in [0.3, 0.4) is 0 Å². The van der Waals surface area contributed by atoms with E-state index in [0.29, 0.717) is 12.2 Å². The first kappa shape index (κ1) is 17.4. The summed E-state index contributed by atoms with van der Waals surface area (Å²) in [7, 11) is 0. The Hall–Kier alpha value is -2.41. The van der Waals surface area contributed by atoms with Gasteiger partial charge in [-0.2, -0.15) is 10.2 Å². The Morgan fingerprint density at radius 1 is 1.16 bits per heavy atom. The van der Waals surface area contributed by atoms with Gasteiger partial charge < -0.3 is 5.32 Å². The minimum Gasteiger partial charge on any atom is -0.321 e. The van der Waals surface area contributed by atoms with Crippen LogP contribution in [0.15, 0.2) is 53.5 Å². The zero-order chi connectivity index (χ0) is 18.0. The second-order valence-electron chi connectivity index (χ2n) is 6.53. The third-order valence-electron chi connectivity index (χ3n) is 4.04. The van der Waals surface area contributed by atoms with Crippen LogP contribution in [0.25, 0.3) is 0 Å². The first-order valence-electron chi connectivity index (χ1n) is 7.95. The summed E-state index contributed by atoms with van der Waals surface area (Å²) in [6, 6.07) is 8.31. The van der Waals surface area contributed by atoms with Crippen LogP contribution in [-0.4, -0.2) is 25.5 Å². The normalized spacial score (nSPS) is 11.5. The number of benzene rings is 1. The minimum absolute atomic E-state index is 0.155. The topological polar surface area (TPSA) is 64.7 Å². The average Bonchev–Trinajstić information content (AvgIpc) is 3.19. The third-order valence-corrected chi connectivity index (χ3v) is 4.45. The predicted molar refractivity (Wildman–Crippen MR) is 100 cm³/mol. The fourth-order valence-corrected chi connectivity index (χ4v) is 2.68. The lowest BCUT2D eigenvalue weighted by Crippen LogP contribution is -2.40. The number of hydrogen-bond acceptors (Lipinski definition) is 3. The maximum absolute atomic E-state index is 12.6. The van der Waals surface area contributed by atoms with Gasteiger partial charge in [-0.15, -0.1) is 0 Å². The molecule has 0 bridgehead atoms. The number of aromatic nitrogens is 4. The van der Waals surface area contributed by atoms with Crippen LogP contribution in [0.5, 0.6) is 0 Å². The Bertz CT molecular complexity index is 879. The van der Waals surface area contributed by atoms with E-state index in [1.807, 2.05) is 20.0 Å². The molecule has 1 N–H and O–H groups in total. The van der Waals surface area contributed by atoms with Gasteiger partial charge in [-0.05, 0) is 42.3 Å². The summed E-state index contributed by atoms with van der Waals surface area (Å²) >= 11 is 3.35. The molecule has 130 valence electrons. The molecule has 3 rings (SSSR count). The molecule has 0 saturated carbocycles. The van der Waals surface area contributed by atoms with Gasteiger partial charge in [0.25, 0.3) is 5.91 Å². The Balaban J connectivity index is 1.68. The van der Waals surface area contributed by atoms with Crippen LogP contribution >= 0.6 is 15.9 Å². The SMILES string of the molecule is Cc1ccc(Cn2cc(NC(=O)C(C)(C)n3cc(Br)cn3)cn2)cc1. The summed E-state index contributed by atoms with van der Waals surface area (Å²) in [5, 5.41) is 11.4. The van der Waals surface area contributed by atoms with Crippen molar-refractivity contribution < 1.29 is 4.79 Å². The number of carbonyl (C=O) groups is 1. The maximum Gasteiger partial charge on any atom is 0.251 e. The van der Waals surface area contributed by atoms with Gasteiger partial charge >= 0.3 is 0 Å². The van der Waals surface area contributed by atoms with E-state index in [1.54, 1.807) is 28.0 Å². The van der Waals surface area contributed by atoms with Gasteiger partial charge in [0.05, 0.1) is 29.1 Å². The molecule has 2 heterocycles. The van der Waals surface area contributed by atoms with E-state index in [0.717, 1.165) is 10.0 Å². The van der Waals surface area contributed by atoms with Crippen molar-refractivity contribution in [3.8, 4) is 0 Å². The van der Waals surface area contributed by atoms with Crippen LogP contribution in [-0.2, 0) is 16.9 Å². The molecule has 0 aliphatic rings. The molecule has 0 spiro atoms. The molecular formula is C18H20BrN5O. The molecule has 0 fully saturated rings. The monoisotopic (exact) mass is 401 g/mol. The number of halogens is 1. The standard InChI is InChI=1S/C18H20BrN5O/c1-13-4-6-14(7-5-13)10-23-12-16(9-20-23)22-17(25)18(2,3)24-11-15(19)8-21-24/h4-9,11-12H,10H2,1-3H3,(H,22,25). The van der Waals surface area contributed by atoms with Crippen molar-refractivity contribution in [1.82, 2.24) is 19.6 Å². The highest BCUT2D eigenvalue weighted by Gasteiger charge is 2.30. The number of anilines is 1. The number of hydrogen-bond donors (Lipinski definition) is 1. The van der Waals surface area contributed by atoms with Crippen molar-refractivity contribution in [3.05, 3.63) is 64.7 Å². The van der Waals surface area contributed by atoms with E-state index in [1.165, 1.54) is 5.56 Å². The van der Waals surface area contributed by atoms with Crippen molar-refractivity contribution in [2.45, 2.75) is 32.9 Å². The zero-order valence-electron chi connectivity index (χ0n) is 14.4. The summed E-state index contributed by atoms with van der Waals surface area (Å²) in [6.07, 6.45) is 6.92. The molecule has 1 amide bonds. The molecule has 0 radical (unpaired) electrons. The molecule has 0 unspecified atom stereocenters. The molecule has 6 nitrogen and oxygen atoms in total. The van der Waals surface area contributed by atoms with E-state index in [4.69, 9.17) is 0 Å². The second kappa shape index (κ2) is 6.84. The van der Waals surface area contributed by atoms with Gasteiger partial charge in [-0.25, -0.2) is 0 Å². The fraction of sp³-hybridized carbons (Fsp3) is 0.278. The van der Waals surface area contributed by atoms with E-state index in [9.17, 15) is 4.79 Å². The quantitative estimate of drug-likeness (QED) is 0.710. The number of aryl methyl sites for hydroxylation is 1. The van der Waals surface area contributed by atoms with Gasteiger partial charge in [0.15, 0.2) is 0 Å². The van der Waals surface area contributed by atoms with Crippen LogP contribution in [0.1, 0.15) is 25.0 Å². The van der Waals surface area contributed by atoms with Crippen LogP contribution in [0.2, 0.25) is 0 Å². The molecule has 3 aromatic rings. The summed E-state index contributed by atoms with van der Waals surface area (Å²) in [5.41, 5.74) is 2.24. The molecular weight excluding hydrogens is 382 g/mol. The largest absolute Gasteiger partial charge is 0.321 e. The fourth-order valence-electron chi connectivity index (χ4n) is 2.39. The lowest BCUT2D eigenvalue weighted by molar-refractivity contribution is -0.123. The van der Waals surface area contributed by atoms with E-state index in [2.05, 4.69) is 62.6 Å². The molecule has 2 aromatic heterocycles. The van der Waals surface area contributed by atoms with Gasteiger partial charge in [0, 0.05) is 12.4 Å². The highest BCUT2D eigenvalue weighted by Crippen LogP contribution is 2.20. The number of rotatable bonds is 5. The first-order valence-corrected chi connectivity index (χ1v) is 8.74. The Kier molecular flexibility index (Phi) is 4.76. The van der Waals surface area contributed by atoms with Gasteiger partial charge in [0.1, 0.15) is 5.54 Å². The van der Waals surface area contributed by atoms with E-state index in [-0.39, 0.29) is 5.91 Å². The highest BCUT2D eigenvalue weighted by atomic mass is 79.9. The molecule has 0 atom stereocenters. The Morgan fingerprint density at radius 2 is 1.88 bits per heavy atom. The summed E-state index contributed by atoms with van der Waals surface area (Å²) in [6.45, 7) is 6.36. The van der Waals surface area contributed by atoms with Gasteiger partial charge in [-0.3, -0.25) is 14.2 Å². The maximum atomic E-state index is 12.6. The number of amides is 1. The summed E-state index contributed by atoms with van der Waals surface area (Å²) in [4.78, 5) is 12.6. The molecule has 0 aliphatic heterocycles. The molecule has 25 heavy (non-hydrogen) atoms. The van der Waals surface area contributed by atoms with Gasteiger partial charge in [-0.1, -0.05) is 29.8 Å². The van der Waals surface area contributed by atoms with Crippen LogP contribution in [0, 0.1) is 6.92 Å². The van der Waals surface area contributed by atoms with E-state index < -0.39 is 5.54 Å². The lowest BCUT2D eigenvalue weighted by Gasteiger charge is -2.23. The highest BCUT2D eigenvalue weighted by molar-refractivity contribution is 9.10.